The van der Waals surface area contributed by atoms with Crippen LogP contribution in [0.1, 0.15) is 53.0 Å². The molecule has 1 aromatic carbocycles. The first-order chi connectivity index (χ1) is 14.5. The van der Waals surface area contributed by atoms with Gasteiger partial charge in [0.15, 0.2) is 0 Å². The zero-order valence-corrected chi connectivity index (χ0v) is 19.2. The molecule has 31 heavy (non-hydrogen) atoms. The van der Waals surface area contributed by atoms with E-state index in [2.05, 4.69) is 16.0 Å². The third-order valence-electron chi connectivity index (χ3n) is 5.02. The molecule has 1 unspecified atom stereocenters. The Bertz CT molecular complexity index is 738. The lowest BCUT2D eigenvalue weighted by atomic mass is 10.0. The van der Waals surface area contributed by atoms with E-state index < -0.39 is 11.6 Å². The molecule has 172 valence electrons. The van der Waals surface area contributed by atoms with Gasteiger partial charge in [-0.2, -0.15) is 0 Å². The Kier molecular flexibility index (Phi) is 8.71. The van der Waals surface area contributed by atoms with E-state index in [0.29, 0.717) is 32.5 Å². The van der Waals surface area contributed by atoms with Crippen LogP contribution in [0.25, 0.3) is 0 Å². The van der Waals surface area contributed by atoms with Crippen LogP contribution < -0.4 is 16.0 Å². The maximum atomic E-state index is 12.8. The average Bonchev–Trinajstić information content (AvgIpc) is 2.70. The standard InChI is InChI=1S/C23H36N4O4/c1-16(2)19(26-21(29)24-15-17-9-7-6-8-10-17)20(28)25-18-11-13-27(14-12-18)22(30)31-23(3,4)5/h6-10,16,18-19H,11-15H2,1-5H3,(H,25,28)(H2,24,26,29). The normalized spacial score (nSPS) is 15.9. The maximum Gasteiger partial charge on any atom is 0.410 e. The molecule has 1 fully saturated rings. The fourth-order valence-electron chi connectivity index (χ4n) is 3.33. The maximum absolute atomic E-state index is 12.8. The van der Waals surface area contributed by atoms with Crippen molar-refractivity contribution in [1.29, 1.82) is 0 Å². The van der Waals surface area contributed by atoms with Gasteiger partial charge in [-0.1, -0.05) is 44.2 Å². The van der Waals surface area contributed by atoms with Crippen molar-refractivity contribution in [3.8, 4) is 0 Å². The minimum atomic E-state index is -0.639. The summed E-state index contributed by atoms with van der Waals surface area (Å²) < 4.78 is 5.41. The summed E-state index contributed by atoms with van der Waals surface area (Å²) in [5.41, 5.74) is 0.458. The largest absolute Gasteiger partial charge is 0.444 e. The highest BCUT2D eigenvalue weighted by atomic mass is 16.6. The number of rotatable bonds is 6. The Balaban J connectivity index is 1.80. The molecule has 2 rings (SSSR count). The predicted molar refractivity (Wildman–Crippen MR) is 119 cm³/mol. The number of likely N-dealkylation sites (tertiary alicyclic amines) is 1. The number of hydrogen-bond acceptors (Lipinski definition) is 4. The van der Waals surface area contributed by atoms with Crippen molar-refractivity contribution in [3.63, 3.8) is 0 Å². The second kappa shape index (κ2) is 11.0. The number of carbonyl (C=O) groups excluding carboxylic acids is 3. The lowest BCUT2D eigenvalue weighted by Crippen LogP contribution is -2.56. The molecular weight excluding hydrogens is 396 g/mol. The highest BCUT2D eigenvalue weighted by molar-refractivity contribution is 5.87. The van der Waals surface area contributed by atoms with Crippen molar-refractivity contribution in [1.82, 2.24) is 20.9 Å². The van der Waals surface area contributed by atoms with Gasteiger partial charge in [0.2, 0.25) is 5.91 Å². The summed E-state index contributed by atoms with van der Waals surface area (Å²) in [6.45, 7) is 10.8. The molecule has 1 aromatic rings. The molecule has 1 atom stereocenters. The minimum Gasteiger partial charge on any atom is -0.444 e. The molecule has 8 heteroatoms. The smallest absolute Gasteiger partial charge is 0.410 e. The zero-order chi connectivity index (χ0) is 23.0. The van der Waals surface area contributed by atoms with Crippen molar-refractivity contribution in [2.24, 2.45) is 5.92 Å². The van der Waals surface area contributed by atoms with E-state index in [1.54, 1.807) is 4.90 Å². The molecule has 1 aliphatic rings. The zero-order valence-electron chi connectivity index (χ0n) is 19.2. The molecule has 0 spiro atoms. The number of hydrogen-bond donors (Lipinski definition) is 3. The first-order valence-electron chi connectivity index (χ1n) is 10.9. The van der Waals surface area contributed by atoms with Gasteiger partial charge in [0, 0.05) is 25.7 Å². The SMILES string of the molecule is CC(C)C(NC(=O)NCc1ccccc1)C(=O)NC1CCN(C(=O)OC(C)(C)C)CC1. The summed E-state index contributed by atoms with van der Waals surface area (Å²) in [5.74, 6) is -0.273. The summed E-state index contributed by atoms with van der Waals surface area (Å²) in [5, 5.41) is 8.60. The van der Waals surface area contributed by atoms with Gasteiger partial charge in [-0.25, -0.2) is 9.59 Å². The van der Waals surface area contributed by atoms with Gasteiger partial charge in [-0.3, -0.25) is 4.79 Å². The fourth-order valence-corrected chi connectivity index (χ4v) is 3.33. The molecule has 1 heterocycles. The lowest BCUT2D eigenvalue weighted by Gasteiger charge is -2.34. The van der Waals surface area contributed by atoms with Crippen LogP contribution in [0.4, 0.5) is 9.59 Å². The first-order valence-corrected chi connectivity index (χ1v) is 10.9. The van der Waals surface area contributed by atoms with E-state index in [1.807, 2.05) is 65.0 Å². The van der Waals surface area contributed by atoms with E-state index in [-0.39, 0.29) is 30.0 Å². The third-order valence-corrected chi connectivity index (χ3v) is 5.02. The molecular formula is C23H36N4O4. The molecule has 8 nitrogen and oxygen atoms in total. The Morgan fingerprint density at radius 2 is 1.71 bits per heavy atom. The second-order valence-corrected chi connectivity index (χ2v) is 9.28. The highest BCUT2D eigenvalue weighted by Gasteiger charge is 2.30. The van der Waals surface area contributed by atoms with E-state index in [9.17, 15) is 14.4 Å². The van der Waals surface area contributed by atoms with Gasteiger partial charge in [-0.05, 0) is 45.1 Å². The van der Waals surface area contributed by atoms with E-state index in [0.717, 1.165) is 5.56 Å². The number of piperidine rings is 1. The van der Waals surface area contributed by atoms with Gasteiger partial charge in [0.05, 0.1) is 0 Å². The lowest BCUT2D eigenvalue weighted by molar-refractivity contribution is -0.124. The molecule has 1 saturated heterocycles. The molecule has 0 radical (unpaired) electrons. The summed E-state index contributed by atoms with van der Waals surface area (Å²) in [6, 6.07) is 8.54. The predicted octanol–water partition coefficient (Wildman–Crippen LogP) is 3.03. The first kappa shape index (κ1) is 24.5. The molecule has 1 aliphatic heterocycles. The van der Waals surface area contributed by atoms with Crippen LogP contribution in [-0.4, -0.2) is 53.7 Å². The van der Waals surface area contributed by atoms with Crippen molar-refractivity contribution in [2.45, 2.75) is 71.7 Å². The minimum absolute atomic E-state index is 0.0402. The Labute approximate surface area is 185 Å². The number of nitrogens with one attached hydrogen (secondary N) is 3. The van der Waals surface area contributed by atoms with Gasteiger partial charge >= 0.3 is 12.1 Å². The summed E-state index contributed by atoms with van der Waals surface area (Å²) in [7, 11) is 0. The average molecular weight is 433 g/mol. The van der Waals surface area contributed by atoms with E-state index in [1.165, 1.54) is 0 Å². The highest BCUT2D eigenvalue weighted by Crippen LogP contribution is 2.16. The second-order valence-electron chi connectivity index (χ2n) is 9.28. The molecule has 3 N–H and O–H groups in total. The van der Waals surface area contributed by atoms with Crippen LogP contribution in [0.2, 0.25) is 0 Å². The van der Waals surface area contributed by atoms with Crippen LogP contribution >= 0.6 is 0 Å². The van der Waals surface area contributed by atoms with Crippen LogP contribution in [0.15, 0.2) is 30.3 Å². The molecule has 0 aliphatic carbocycles. The van der Waals surface area contributed by atoms with E-state index in [4.69, 9.17) is 4.74 Å². The fraction of sp³-hybridized carbons (Fsp3) is 0.609. The molecule has 0 bridgehead atoms. The number of nitrogens with zero attached hydrogens (tertiary/aromatic N) is 1. The Hall–Kier alpha value is -2.77. The van der Waals surface area contributed by atoms with Crippen molar-refractivity contribution in [2.75, 3.05) is 13.1 Å². The number of ether oxygens (including phenoxy) is 1. The van der Waals surface area contributed by atoms with Gasteiger partial charge in [0.25, 0.3) is 0 Å². The number of benzene rings is 1. The summed E-state index contributed by atoms with van der Waals surface area (Å²) in [4.78, 5) is 39.0. The van der Waals surface area contributed by atoms with Crippen molar-refractivity contribution < 1.29 is 19.1 Å². The molecule has 0 saturated carbocycles. The van der Waals surface area contributed by atoms with Crippen LogP contribution in [-0.2, 0) is 16.1 Å². The number of urea groups is 1. The van der Waals surface area contributed by atoms with E-state index >= 15 is 0 Å². The Morgan fingerprint density at radius 3 is 2.26 bits per heavy atom. The van der Waals surface area contributed by atoms with Gasteiger partial charge in [-0.15, -0.1) is 0 Å². The van der Waals surface area contributed by atoms with Crippen LogP contribution in [0.5, 0.6) is 0 Å². The van der Waals surface area contributed by atoms with Gasteiger partial charge < -0.3 is 25.6 Å². The molecule has 0 aromatic heterocycles. The van der Waals surface area contributed by atoms with Crippen molar-refractivity contribution >= 4 is 18.0 Å². The number of amides is 4. The monoisotopic (exact) mass is 432 g/mol. The van der Waals surface area contributed by atoms with Crippen LogP contribution in [0.3, 0.4) is 0 Å². The number of carbonyl (C=O) groups is 3. The van der Waals surface area contributed by atoms with Crippen molar-refractivity contribution in [3.05, 3.63) is 35.9 Å². The Morgan fingerprint density at radius 1 is 1.10 bits per heavy atom. The topological polar surface area (TPSA) is 99.8 Å². The third kappa shape index (κ3) is 8.47. The van der Waals surface area contributed by atoms with Gasteiger partial charge in [0.1, 0.15) is 11.6 Å². The van der Waals surface area contributed by atoms with Crippen LogP contribution in [0, 0.1) is 5.92 Å². The quantitative estimate of drug-likeness (QED) is 0.643. The summed E-state index contributed by atoms with van der Waals surface area (Å²) in [6.07, 6.45) is 0.973. The molecule has 4 amide bonds. The summed E-state index contributed by atoms with van der Waals surface area (Å²) >= 11 is 0.